The maximum Gasteiger partial charge on any atom is 0.0762 e. The molecule has 2 bridgehead atoms. The van der Waals surface area contributed by atoms with Crippen LogP contribution in [0, 0.1) is 17.8 Å². The molecule has 0 radical (unpaired) electrons. The number of nitrogens with zero attached hydrogens (tertiary/aromatic N) is 1. The molecule has 3 aliphatic carbocycles. The highest BCUT2D eigenvalue weighted by atomic mass is 16.3. The number of aliphatic hydroxyl groups is 1. The first-order chi connectivity index (χ1) is 13.8. The summed E-state index contributed by atoms with van der Waals surface area (Å²) in [5.41, 5.74) is 6.31. The van der Waals surface area contributed by atoms with Crippen molar-refractivity contribution in [3.8, 4) is 0 Å². The second kappa shape index (κ2) is 7.36. The molecular formula is C25H30N2O. The lowest BCUT2D eigenvalue weighted by molar-refractivity contribution is -0.110. The van der Waals surface area contributed by atoms with Crippen LogP contribution >= 0.6 is 0 Å². The van der Waals surface area contributed by atoms with Crippen LogP contribution < -0.4 is 5.43 Å². The number of rotatable bonds is 3. The smallest absolute Gasteiger partial charge is 0.0762 e. The Morgan fingerprint density at radius 1 is 0.857 bits per heavy atom. The Labute approximate surface area is 167 Å². The van der Waals surface area contributed by atoms with Crippen molar-refractivity contribution in [3.63, 3.8) is 0 Å². The summed E-state index contributed by atoms with van der Waals surface area (Å²) in [5, 5.41) is 16.9. The molecule has 3 saturated carbocycles. The molecule has 0 saturated heterocycles. The zero-order chi connectivity index (χ0) is 19.0. The molecule has 0 aliphatic heterocycles. The maximum atomic E-state index is 12.0. The molecule has 0 amide bonds. The fraction of sp³-hybridized carbons (Fsp3) is 0.480. The van der Waals surface area contributed by atoms with E-state index in [-0.39, 0.29) is 5.92 Å². The molecule has 3 nitrogen and oxygen atoms in total. The van der Waals surface area contributed by atoms with Gasteiger partial charge in [0.05, 0.1) is 11.3 Å². The molecule has 2 aromatic carbocycles. The van der Waals surface area contributed by atoms with E-state index in [0.717, 1.165) is 31.4 Å². The van der Waals surface area contributed by atoms with Crippen molar-refractivity contribution in [2.75, 3.05) is 5.43 Å². The van der Waals surface area contributed by atoms with Crippen molar-refractivity contribution >= 4 is 11.4 Å². The molecule has 2 aromatic rings. The van der Waals surface area contributed by atoms with Gasteiger partial charge in [0.2, 0.25) is 0 Å². The molecule has 5 rings (SSSR count). The molecule has 28 heavy (non-hydrogen) atoms. The van der Waals surface area contributed by atoms with Gasteiger partial charge in [0.1, 0.15) is 0 Å². The molecule has 0 aromatic heterocycles. The third kappa shape index (κ3) is 2.97. The molecule has 3 fully saturated rings. The van der Waals surface area contributed by atoms with Gasteiger partial charge in [-0.25, -0.2) is 0 Å². The van der Waals surface area contributed by atoms with Gasteiger partial charge in [-0.2, -0.15) is 5.10 Å². The zero-order valence-corrected chi connectivity index (χ0v) is 16.4. The number of hydrogen-bond donors (Lipinski definition) is 2. The maximum absolute atomic E-state index is 12.0. The number of fused-ring (bicyclic) bond motifs is 4. The van der Waals surface area contributed by atoms with Crippen molar-refractivity contribution < 1.29 is 5.11 Å². The predicted molar refractivity (Wildman–Crippen MR) is 114 cm³/mol. The summed E-state index contributed by atoms with van der Waals surface area (Å²) in [6.45, 7) is 0. The molecular weight excluding hydrogens is 344 g/mol. The third-order valence-electron chi connectivity index (χ3n) is 7.47. The topological polar surface area (TPSA) is 44.6 Å². The number of para-hydroxylation sites is 1. The van der Waals surface area contributed by atoms with E-state index in [9.17, 15) is 5.11 Å². The molecule has 2 N–H and O–H groups in total. The standard InChI is InChI=1S/C25H30N2O/c28-25-17-8-7-15-21(25)23(18-10-3-1-4-11-18)20-14-9-16-22(25)24(20)27-26-19-12-5-2-6-13-19/h1-6,10-13,20-23,26,28H,7-9,14-17H2. The Morgan fingerprint density at radius 2 is 1.61 bits per heavy atom. The van der Waals surface area contributed by atoms with Crippen molar-refractivity contribution in [1.29, 1.82) is 0 Å². The van der Waals surface area contributed by atoms with Gasteiger partial charge in [0.15, 0.2) is 0 Å². The minimum atomic E-state index is -0.604. The molecule has 5 unspecified atom stereocenters. The predicted octanol–water partition coefficient (Wildman–Crippen LogP) is 5.59. The minimum Gasteiger partial charge on any atom is -0.389 e. The van der Waals surface area contributed by atoms with E-state index in [4.69, 9.17) is 5.10 Å². The number of hydrazone groups is 1. The average Bonchev–Trinajstić information content (AvgIpc) is 2.75. The summed E-state index contributed by atoms with van der Waals surface area (Å²) in [6.07, 6.45) is 7.88. The number of nitrogens with one attached hydrogen (secondary N) is 1. The summed E-state index contributed by atoms with van der Waals surface area (Å²) < 4.78 is 0. The van der Waals surface area contributed by atoms with Crippen molar-refractivity contribution in [2.45, 2.75) is 56.5 Å². The quantitative estimate of drug-likeness (QED) is 0.688. The Morgan fingerprint density at radius 3 is 2.39 bits per heavy atom. The lowest BCUT2D eigenvalue weighted by atomic mass is 9.49. The molecule has 0 heterocycles. The van der Waals surface area contributed by atoms with Crippen LogP contribution in [0.15, 0.2) is 65.8 Å². The minimum absolute atomic E-state index is 0.202. The van der Waals surface area contributed by atoms with Crippen LogP contribution in [0.1, 0.15) is 56.4 Å². The van der Waals surface area contributed by atoms with E-state index in [2.05, 4.69) is 47.9 Å². The van der Waals surface area contributed by atoms with E-state index >= 15 is 0 Å². The molecule has 3 heteroatoms. The lowest BCUT2D eigenvalue weighted by Crippen LogP contribution is -2.60. The summed E-state index contributed by atoms with van der Waals surface area (Å²) in [4.78, 5) is 0. The van der Waals surface area contributed by atoms with E-state index in [0.29, 0.717) is 17.8 Å². The van der Waals surface area contributed by atoms with Crippen LogP contribution in [-0.2, 0) is 0 Å². The van der Waals surface area contributed by atoms with E-state index in [1.54, 1.807) is 0 Å². The summed E-state index contributed by atoms with van der Waals surface area (Å²) in [5.74, 6) is 1.36. The summed E-state index contributed by atoms with van der Waals surface area (Å²) >= 11 is 0. The Hall–Kier alpha value is -2.13. The SMILES string of the molecule is OC12CCCCC1C(c1ccccc1)C1CCCC2C1=NNc1ccccc1. The normalized spacial score (nSPS) is 36.0. The van der Waals surface area contributed by atoms with Gasteiger partial charge in [0.25, 0.3) is 0 Å². The van der Waals surface area contributed by atoms with Crippen molar-refractivity contribution in [2.24, 2.45) is 22.9 Å². The number of benzene rings is 2. The molecule has 146 valence electrons. The monoisotopic (exact) mass is 374 g/mol. The van der Waals surface area contributed by atoms with Crippen LogP contribution in [0.25, 0.3) is 0 Å². The Balaban J connectivity index is 1.57. The highest BCUT2D eigenvalue weighted by Crippen LogP contribution is 2.58. The van der Waals surface area contributed by atoms with Gasteiger partial charge in [-0.05, 0) is 55.2 Å². The lowest BCUT2D eigenvalue weighted by Gasteiger charge is -2.57. The fourth-order valence-electron chi connectivity index (χ4n) is 6.32. The number of hydrogen-bond acceptors (Lipinski definition) is 3. The van der Waals surface area contributed by atoms with Crippen molar-refractivity contribution in [1.82, 2.24) is 0 Å². The summed E-state index contributed by atoms with van der Waals surface area (Å²) in [6, 6.07) is 21.1. The first kappa shape index (κ1) is 17.9. The van der Waals surface area contributed by atoms with Crippen LogP contribution in [0.3, 0.4) is 0 Å². The molecule has 0 spiro atoms. The van der Waals surface area contributed by atoms with Gasteiger partial charge < -0.3 is 5.11 Å². The van der Waals surface area contributed by atoms with Crippen LogP contribution in [0.4, 0.5) is 5.69 Å². The summed E-state index contributed by atoms with van der Waals surface area (Å²) in [7, 11) is 0. The van der Waals surface area contributed by atoms with Gasteiger partial charge in [-0.3, -0.25) is 5.43 Å². The average molecular weight is 375 g/mol. The van der Waals surface area contributed by atoms with Crippen LogP contribution in [-0.4, -0.2) is 16.4 Å². The van der Waals surface area contributed by atoms with Crippen LogP contribution in [0.5, 0.6) is 0 Å². The van der Waals surface area contributed by atoms with Gasteiger partial charge in [-0.15, -0.1) is 0 Å². The van der Waals surface area contributed by atoms with Gasteiger partial charge >= 0.3 is 0 Å². The highest BCUT2D eigenvalue weighted by Gasteiger charge is 2.58. The van der Waals surface area contributed by atoms with Gasteiger partial charge in [-0.1, -0.05) is 67.8 Å². The highest BCUT2D eigenvalue weighted by molar-refractivity contribution is 5.93. The molecule has 3 aliphatic rings. The van der Waals surface area contributed by atoms with Crippen molar-refractivity contribution in [3.05, 3.63) is 66.2 Å². The zero-order valence-electron chi connectivity index (χ0n) is 16.4. The van der Waals surface area contributed by atoms with E-state index in [1.165, 1.54) is 30.5 Å². The van der Waals surface area contributed by atoms with Gasteiger partial charge in [0, 0.05) is 17.5 Å². The second-order valence-corrected chi connectivity index (χ2v) is 8.88. The largest absolute Gasteiger partial charge is 0.389 e. The first-order valence-electron chi connectivity index (χ1n) is 10.9. The van der Waals surface area contributed by atoms with E-state index < -0.39 is 5.60 Å². The molecule has 5 atom stereocenters. The fourth-order valence-corrected chi connectivity index (χ4v) is 6.32. The second-order valence-electron chi connectivity index (χ2n) is 8.88. The third-order valence-corrected chi connectivity index (χ3v) is 7.47. The Bertz CT molecular complexity index is 834. The number of anilines is 1. The van der Waals surface area contributed by atoms with E-state index in [1.807, 2.05) is 18.2 Å². The van der Waals surface area contributed by atoms with Crippen LogP contribution in [0.2, 0.25) is 0 Å². The first-order valence-corrected chi connectivity index (χ1v) is 10.9. The Kier molecular flexibility index (Phi) is 4.72.